The van der Waals surface area contributed by atoms with Crippen molar-refractivity contribution < 1.29 is 5.11 Å². The van der Waals surface area contributed by atoms with Crippen molar-refractivity contribution in [1.29, 1.82) is 0 Å². The zero-order chi connectivity index (χ0) is 10.7. The van der Waals surface area contributed by atoms with E-state index in [2.05, 4.69) is 32.6 Å². The predicted octanol–water partition coefficient (Wildman–Crippen LogP) is 2.12. The Bertz CT molecular complexity index is 150. The molecule has 84 valence electrons. The van der Waals surface area contributed by atoms with Gasteiger partial charge in [-0.25, -0.2) is 0 Å². The molecule has 2 atom stereocenters. The van der Waals surface area contributed by atoms with Crippen LogP contribution >= 0.6 is 0 Å². The smallest absolute Gasteiger partial charge is 0.0682 e. The molecule has 0 radical (unpaired) electrons. The molecule has 1 rings (SSSR count). The molecule has 1 N–H and O–H groups in total. The number of nitrogens with zero attached hydrogens (tertiary/aromatic N) is 1. The fourth-order valence-corrected chi connectivity index (χ4v) is 2.44. The second-order valence-electron chi connectivity index (χ2n) is 5.52. The average molecular weight is 199 g/mol. The third-order valence-corrected chi connectivity index (χ3v) is 2.85. The molecule has 0 aliphatic carbocycles. The van der Waals surface area contributed by atoms with Crippen molar-refractivity contribution in [2.75, 3.05) is 13.1 Å². The van der Waals surface area contributed by atoms with Gasteiger partial charge in [-0.05, 0) is 24.7 Å². The molecule has 14 heavy (non-hydrogen) atoms. The van der Waals surface area contributed by atoms with Crippen molar-refractivity contribution in [1.82, 2.24) is 4.90 Å². The fraction of sp³-hybridized carbons (Fsp3) is 1.00. The molecule has 0 amide bonds. The van der Waals surface area contributed by atoms with Crippen LogP contribution in [0.2, 0.25) is 0 Å². The summed E-state index contributed by atoms with van der Waals surface area (Å²) in [6, 6.07) is 0.618. The van der Waals surface area contributed by atoms with Crippen molar-refractivity contribution >= 4 is 0 Å². The molecule has 2 nitrogen and oxygen atoms in total. The maximum atomic E-state index is 9.65. The van der Waals surface area contributed by atoms with Crippen LogP contribution in [0.15, 0.2) is 0 Å². The zero-order valence-corrected chi connectivity index (χ0v) is 10.0. The summed E-state index contributed by atoms with van der Waals surface area (Å²) in [5.74, 6) is 1.44. The largest absolute Gasteiger partial charge is 0.392 e. The van der Waals surface area contributed by atoms with Gasteiger partial charge in [0.25, 0.3) is 0 Å². The van der Waals surface area contributed by atoms with Crippen LogP contribution in [0.25, 0.3) is 0 Å². The summed E-state index contributed by atoms with van der Waals surface area (Å²) in [6.45, 7) is 11.0. The molecule has 0 aromatic rings. The first kappa shape index (κ1) is 12.0. The lowest BCUT2D eigenvalue weighted by molar-refractivity contribution is 0.166. The highest BCUT2D eigenvalue weighted by atomic mass is 16.3. The topological polar surface area (TPSA) is 23.5 Å². The van der Waals surface area contributed by atoms with Crippen LogP contribution in [-0.2, 0) is 0 Å². The van der Waals surface area contributed by atoms with Crippen LogP contribution in [0.5, 0.6) is 0 Å². The minimum absolute atomic E-state index is 0.0856. The van der Waals surface area contributed by atoms with Gasteiger partial charge in [-0.3, -0.25) is 4.90 Å². The van der Waals surface area contributed by atoms with E-state index in [0.29, 0.717) is 12.0 Å². The lowest BCUT2D eigenvalue weighted by atomic mass is 10.0. The van der Waals surface area contributed by atoms with E-state index in [-0.39, 0.29) is 6.10 Å². The van der Waals surface area contributed by atoms with Gasteiger partial charge in [0.2, 0.25) is 0 Å². The Balaban J connectivity index is 2.45. The van der Waals surface area contributed by atoms with Gasteiger partial charge >= 0.3 is 0 Å². The predicted molar refractivity (Wildman–Crippen MR) is 60.3 cm³/mol. The highest BCUT2D eigenvalue weighted by molar-refractivity contribution is 4.85. The number of hydrogen-bond donors (Lipinski definition) is 1. The minimum atomic E-state index is -0.0856. The third kappa shape index (κ3) is 3.58. The summed E-state index contributed by atoms with van der Waals surface area (Å²) in [4.78, 5) is 2.47. The van der Waals surface area contributed by atoms with Crippen LogP contribution in [0.1, 0.15) is 40.5 Å². The van der Waals surface area contributed by atoms with Crippen LogP contribution in [0.4, 0.5) is 0 Å². The highest BCUT2D eigenvalue weighted by Crippen LogP contribution is 2.24. The van der Waals surface area contributed by atoms with Gasteiger partial charge in [-0.1, -0.05) is 27.7 Å². The maximum absolute atomic E-state index is 9.65. The van der Waals surface area contributed by atoms with Gasteiger partial charge in [0, 0.05) is 19.1 Å². The lowest BCUT2D eigenvalue weighted by Gasteiger charge is -2.26. The SMILES string of the molecule is CC(C)C[C@H]1C[C@@H](O)CN1CC(C)C. The second-order valence-corrected chi connectivity index (χ2v) is 5.52. The van der Waals surface area contributed by atoms with E-state index in [1.54, 1.807) is 0 Å². The zero-order valence-electron chi connectivity index (χ0n) is 10.0. The minimum Gasteiger partial charge on any atom is -0.392 e. The molecular formula is C12H25NO. The van der Waals surface area contributed by atoms with Crippen molar-refractivity contribution in [3.63, 3.8) is 0 Å². The Morgan fingerprint density at radius 2 is 1.86 bits per heavy atom. The molecule has 2 heteroatoms. The molecule has 1 saturated heterocycles. The summed E-state index contributed by atoms with van der Waals surface area (Å²) in [5, 5.41) is 9.65. The highest BCUT2D eigenvalue weighted by Gasteiger charge is 2.31. The van der Waals surface area contributed by atoms with E-state index >= 15 is 0 Å². The van der Waals surface area contributed by atoms with Gasteiger partial charge in [-0.15, -0.1) is 0 Å². The van der Waals surface area contributed by atoms with Crippen molar-refractivity contribution in [3.8, 4) is 0 Å². The van der Waals surface area contributed by atoms with E-state index in [9.17, 15) is 5.11 Å². The molecule has 0 spiro atoms. The summed E-state index contributed by atoms with van der Waals surface area (Å²) < 4.78 is 0. The Morgan fingerprint density at radius 1 is 1.21 bits per heavy atom. The summed E-state index contributed by atoms with van der Waals surface area (Å²) in [6.07, 6.45) is 2.12. The van der Waals surface area contributed by atoms with E-state index in [1.165, 1.54) is 6.42 Å². The standard InChI is InChI=1S/C12H25NO/c1-9(2)5-11-6-12(14)8-13(11)7-10(3)4/h9-12,14H,5-8H2,1-4H3/t11-,12+/m0/s1. The number of aliphatic hydroxyl groups excluding tert-OH is 1. The first-order valence-electron chi connectivity index (χ1n) is 5.91. The monoisotopic (exact) mass is 199 g/mol. The van der Waals surface area contributed by atoms with E-state index < -0.39 is 0 Å². The van der Waals surface area contributed by atoms with Crippen molar-refractivity contribution in [2.45, 2.75) is 52.7 Å². The Hall–Kier alpha value is -0.0800. The normalized spacial score (nSPS) is 29.4. The molecule has 1 aliphatic heterocycles. The molecule has 1 fully saturated rings. The molecule has 0 saturated carbocycles. The van der Waals surface area contributed by atoms with Crippen LogP contribution in [-0.4, -0.2) is 35.2 Å². The number of aliphatic hydroxyl groups is 1. The van der Waals surface area contributed by atoms with Crippen molar-refractivity contribution in [2.24, 2.45) is 11.8 Å². The van der Waals surface area contributed by atoms with Gasteiger partial charge in [0.15, 0.2) is 0 Å². The van der Waals surface area contributed by atoms with Crippen LogP contribution in [0.3, 0.4) is 0 Å². The number of hydrogen-bond acceptors (Lipinski definition) is 2. The Morgan fingerprint density at radius 3 is 2.36 bits per heavy atom. The lowest BCUT2D eigenvalue weighted by Crippen LogP contribution is -2.34. The molecule has 1 heterocycles. The molecular weight excluding hydrogens is 174 g/mol. The fourth-order valence-electron chi connectivity index (χ4n) is 2.44. The van der Waals surface area contributed by atoms with Gasteiger partial charge < -0.3 is 5.11 Å². The van der Waals surface area contributed by atoms with Gasteiger partial charge in [-0.2, -0.15) is 0 Å². The summed E-state index contributed by atoms with van der Waals surface area (Å²) in [5.41, 5.74) is 0. The number of rotatable bonds is 4. The number of likely N-dealkylation sites (tertiary alicyclic amines) is 1. The van der Waals surface area contributed by atoms with E-state index in [4.69, 9.17) is 0 Å². The molecule has 0 unspecified atom stereocenters. The molecule has 0 bridgehead atoms. The second kappa shape index (κ2) is 5.13. The van der Waals surface area contributed by atoms with E-state index in [0.717, 1.165) is 25.4 Å². The molecule has 0 aromatic heterocycles. The Kier molecular flexibility index (Phi) is 4.39. The van der Waals surface area contributed by atoms with E-state index in [1.807, 2.05) is 0 Å². The van der Waals surface area contributed by atoms with Crippen LogP contribution < -0.4 is 0 Å². The van der Waals surface area contributed by atoms with Gasteiger partial charge in [0.1, 0.15) is 0 Å². The third-order valence-electron chi connectivity index (χ3n) is 2.85. The van der Waals surface area contributed by atoms with Gasteiger partial charge in [0.05, 0.1) is 6.10 Å². The number of β-amino-alcohol motifs (C(OH)–C–C–N with tert-alkyl or cyclic N) is 1. The summed E-state index contributed by atoms with van der Waals surface area (Å²) >= 11 is 0. The van der Waals surface area contributed by atoms with Crippen LogP contribution in [0, 0.1) is 11.8 Å². The first-order chi connectivity index (χ1) is 6.49. The first-order valence-corrected chi connectivity index (χ1v) is 5.91. The van der Waals surface area contributed by atoms with Crippen molar-refractivity contribution in [3.05, 3.63) is 0 Å². The average Bonchev–Trinajstić information content (AvgIpc) is 2.28. The molecule has 0 aromatic carbocycles. The quantitative estimate of drug-likeness (QED) is 0.749. The maximum Gasteiger partial charge on any atom is 0.0682 e. The molecule has 1 aliphatic rings. The summed E-state index contributed by atoms with van der Waals surface area (Å²) in [7, 11) is 0. The Labute approximate surface area is 88.3 Å².